The molecule has 0 aliphatic carbocycles. The maximum absolute atomic E-state index is 5.90. The van der Waals surface area contributed by atoms with E-state index in [0.29, 0.717) is 11.9 Å². The van der Waals surface area contributed by atoms with Gasteiger partial charge in [0.25, 0.3) is 0 Å². The van der Waals surface area contributed by atoms with Crippen molar-refractivity contribution >= 4 is 11.6 Å². The fourth-order valence-corrected chi connectivity index (χ4v) is 2.41. The van der Waals surface area contributed by atoms with Crippen molar-refractivity contribution in [1.29, 1.82) is 0 Å². The fourth-order valence-electron chi connectivity index (χ4n) is 2.41. The van der Waals surface area contributed by atoms with Crippen LogP contribution < -0.4 is 10.6 Å². The molecular formula is C13H22N4O. The van der Waals surface area contributed by atoms with Crippen LogP contribution in [0.5, 0.6) is 0 Å². The highest BCUT2D eigenvalue weighted by molar-refractivity contribution is 5.56. The molecular weight excluding hydrogens is 228 g/mol. The van der Waals surface area contributed by atoms with Crippen LogP contribution in [-0.2, 0) is 4.74 Å². The van der Waals surface area contributed by atoms with Gasteiger partial charge in [-0.3, -0.25) is 0 Å². The number of hydrogen-bond donors (Lipinski definition) is 1. The van der Waals surface area contributed by atoms with Crippen LogP contribution in [0, 0.1) is 13.8 Å². The van der Waals surface area contributed by atoms with Gasteiger partial charge in [-0.2, -0.15) is 0 Å². The Labute approximate surface area is 108 Å². The molecule has 1 aliphatic heterocycles. The van der Waals surface area contributed by atoms with Crippen molar-refractivity contribution in [2.75, 3.05) is 30.3 Å². The smallest absolute Gasteiger partial charge is 0.137 e. The number of nitrogen functional groups attached to an aromatic ring is 1. The topological polar surface area (TPSA) is 64.3 Å². The van der Waals surface area contributed by atoms with E-state index in [1.165, 1.54) is 0 Å². The second-order valence-corrected chi connectivity index (χ2v) is 4.75. The minimum atomic E-state index is 0.395. The summed E-state index contributed by atoms with van der Waals surface area (Å²) in [5.74, 6) is 2.31. The lowest BCUT2D eigenvalue weighted by atomic mass is 10.1. The maximum Gasteiger partial charge on any atom is 0.137 e. The van der Waals surface area contributed by atoms with Gasteiger partial charge in [0, 0.05) is 25.3 Å². The standard InChI is InChI=1S/C13H22N4O/c1-4-18-11-5-7-17(8-6-11)13-9(2)12(14)15-10(3)16-13/h11H,4-8H2,1-3H3,(H2,14,15,16). The summed E-state index contributed by atoms with van der Waals surface area (Å²) in [7, 11) is 0. The fraction of sp³-hybridized carbons (Fsp3) is 0.692. The molecule has 5 heteroatoms. The summed E-state index contributed by atoms with van der Waals surface area (Å²) >= 11 is 0. The first-order valence-electron chi connectivity index (χ1n) is 6.59. The average molecular weight is 250 g/mol. The summed E-state index contributed by atoms with van der Waals surface area (Å²) in [5, 5.41) is 0. The predicted molar refractivity (Wildman–Crippen MR) is 72.8 cm³/mol. The molecule has 5 nitrogen and oxygen atoms in total. The third-order valence-electron chi connectivity index (χ3n) is 3.41. The molecule has 18 heavy (non-hydrogen) atoms. The van der Waals surface area contributed by atoms with Gasteiger partial charge < -0.3 is 15.4 Å². The summed E-state index contributed by atoms with van der Waals surface area (Å²) in [6.07, 6.45) is 2.50. The molecule has 2 rings (SSSR count). The van der Waals surface area contributed by atoms with Crippen molar-refractivity contribution in [3.8, 4) is 0 Å². The Bertz CT molecular complexity index is 414. The normalized spacial score (nSPS) is 17.2. The molecule has 1 aromatic heterocycles. The van der Waals surface area contributed by atoms with E-state index in [1.807, 2.05) is 20.8 Å². The zero-order chi connectivity index (χ0) is 13.1. The molecule has 0 atom stereocenters. The van der Waals surface area contributed by atoms with Crippen molar-refractivity contribution in [2.45, 2.75) is 39.7 Å². The lowest BCUT2D eigenvalue weighted by molar-refractivity contribution is 0.0458. The Morgan fingerprint density at radius 1 is 1.28 bits per heavy atom. The summed E-state index contributed by atoms with van der Waals surface area (Å²) < 4.78 is 5.66. The Balaban J connectivity index is 2.10. The molecule has 0 unspecified atom stereocenters. The highest BCUT2D eigenvalue weighted by Crippen LogP contribution is 2.25. The maximum atomic E-state index is 5.90. The van der Waals surface area contributed by atoms with E-state index in [4.69, 9.17) is 10.5 Å². The molecule has 1 aliphatic rings. The molecule has 0 aromatic carbocycles. The van der Waals surface area contributed by atoms with Crippen LogP contribution in [0.1, 0.15) is 31.2 Å². The van der Waals surface area contributed by atoms with Gasteiger partial charge in [-0.15, -0.1) is 0 Å². The van der Waals surface area contributed by atoms with Crippen molar-refractivity contribution < 1.29 is 4.74 Å². The van der Waals surface area contributed by atoms with E-state index in [0.717, 1.165) is 49.7 Å². The van der Waals surface area contributed by atoms with E-state index in [9.17, 15) is 0 Å². The summed E-state index contributed by atoms with van der Waals surface area (Å²) in [5.41, 5.74) is 6.88. The largest absolute Gasteiger partial charge is 0.383 e. The molecule has 1 saturated heterocycles. The van der Waals surface area contributed by atoms with E-state index >= 15 is 0 Å². The molecule has 0 amide bonds. The zero-order valence-electron chi connectivity index (χ0n) is 11.4. The number of nitrogens with two attached hydrogens (primary N) is 1. The van der Waals surface area contributed by atoms with Crippen molar-refractivity contribution in [3.63, 3.8) is 0 Å². The van der Waals surface area contributed by atoms with Gasteiger partial charge in [0.2, 0.25) is 0 Å². The van der Waals surface area contributed by atoms with Crippen molar-refractivity contribution in [3.05, 3.63) is 11.4 Å². The average Bonchev–Trinajstić information content (AvgIpc) is 2.35. The van der Waals surface area contributed by atoms with E-state index < -0.39 is 0 Å². The highest BCUT2D eigenvalue weighted by atomic mass is 16.5. The Kier molecular flexibility index (Phi) is 4.01. The number of ether oxygens (including phenoxy) is 1. The zero-order valence-corrected chi connectivity index (χ0v) is 11.4. The van der Waals surface area contributed by atoms with Crippen LogP contribution in [0.2, 0.25) is 0 Å². The van der Waals surface area contributed by atoms with Gasteiger partial charge in [0.1, 0.15) is 17.5 Å². The monoisotopic (exact) mass is 250 g/mol. The SMILES string of the molecule is CCOC1CCN(c2nc(C)nc(N)c2C)CC1. The van der Waals surface area contributed by atoms with Crippen LogP contribution in [0.25, 0.3) is 0 Å². The Morgan fingerprint density at radius 3 is 2.56 bits per heavy atom. The summed E-state index contributed by atoms with van der Waals surface area (Å²) in [6.45, 7) is 8.65. The minimum absolute atomic E-state index is 0.395. The molecule has 1 aromatic rings. The molecule has 100 valence electrons. The predicted octanol–water partition coefficient (Wildman–Crippen LogP) is 1.68. The van der Waals surface area contributed by atoms with Gasteiger partial charge >= 0.3 is 0 Å². The van der Waals surface area contributed by atoms with Gasteiger partial charge in [-0.25, -0.2) is 9.97 Å². The number of aryl methyl sites for hydroxylation is 1. The van der Waals surface area contributed by atoms with Crippen LogP contribution in [-0.4, -0.2) is 35.8 Å². The lowest BCUT2D eigenvalue weighted by Crippen LogP contribution is -2.38. The lowest BCUT2D eigenvalue weighted by Gasteiger charge is -2.33. The van der Waals surface area contributed by atoms with E-state index in [2.05, 4.69) is 14.9 Å². The van der Waals surface area contributed by atoms with Crippen LogP contribution >= 0.6 is 0 Å². The first-order chi connectivity index (χ1) is 8.61. The first-order valence-corrected chi connectivity index (χ1v) is 6.59. The number of nitrogens with zero attached hydrogens (tertiary/aromatic N) is 3. The Hall–Kier alpha value is -1.36. The summed E-state index contributed by atoms with van der Waals surface area (Å²) in [6, 6.07) is 0. The molecule has 2 N–H and O–H groups in total. The number of hydrogen-bond acceptors (Lipinski definition) is 5. The quantitative estimate of drug-likeness (QED) is 0.884. The first kappa shape index (κ1) is 13.1. The molecule has 0 radical (unpaired) electrons. The number of piperidine rings is 1. The van der Waals surface area contributed by atoms with Gasteiger partial charge in [0.05, 0.1) is 6.10 Å². The molecule has 1 fully saturated rings. The van der Waals surface area contributed by atoms with E-state index in [-0.39, 0.29) is 0 Å². The number of anilines is 2. The number of rotatable bonds is 3. The van der Waals surface area contributed by atoms with Crippen molar-refractivity contribution in [2.24, 2.45) is 0 Å². The van der Waals surface area contributed by atoms with Crippen LogP contribution in [0.4, 0.5) is 11.6 Å². The van der Waals surface area contributed by atoms with Crippen LogP contribution in [0.3, 0.4) is 0 Å². The van der Waals surface area contributed by atoms with Crippen molar-refractivity contribution in [1.82, 2.24) is 9.97 Å². The second-order valence-electron chi connectivity index (χ2n) is 4.75. The molecule has 0 bridgehead atoms. The number of aromatic nitrogens is 2. The second kappa shape index (κ2) is 5.52. The molecule has 0 spiro atoms. The Morgan fingerprint density at radius 2 is 1.94 bits per heavy atom. The van der Waals surface area contributed by atoms with Crippen LogP contribution in [0.15, 0.2) is 0 Å². The highest BCUT2D eigenvalue weighted by Gasteiger charge is 2.22. The van der Waals surface area contributed by atoms with E-state index in [1.54, 1.807) is 0 Å². The minimum Gasteiger partial charge on any atom is -0.383 e. The van der Waals surface area contributed by atoms with Gasteiger partial charge in [0.15, 0.2) is 0 Å². The van der Waals surface area contributed by atoms with Gasteiger partial charge in [-0.05, 0) is 33.6 Å². The summed E-state index contributed by atoms with van der Waals surface area (Å²) in [4.78, 5) is 11.0. The molecule has 2 heterocycles. The third-order valence-corrected chi connectivity index (χ3v) is 3.41. The third kappa shape index (κ3) is 2.72. The molecule has 0 saturated carbocycles. The van der Waals surface area contributed by atoms with Gasteiger partial charge in [-0.1, -0.05) is 0 Å².